The highest BCUT2D eigenvalue weighted by Gasteiger charge is 2.10. The Hall–Kier alpha value is 0.0149. The van der Waals surface area contributed by atoms with Gasteiger partial charge in [-0.3, -0.25) is 0 Å². The van der Waals surface area contributed by atoms with Crippen LogP contribution in [0.2, 0.25) is 0 Å². The van der Waals surface area contributed by atoms with Crippen LogP contribution in [0.15, 0.2) is 12.7 Å². The Balaban J connectivity index is 3.60. The summed E-state index contributed by atoms with van der Waals surface area (Å²) in [7, 11) is -0.315. The molecule has 0 spiro atoms. The first kappa shape index (κ1) is 12.0. The fraction of sp³-hybridized carbons (Fsp3) is 0.750. The molecule has 70 valence electrons. The summed E-state index contributed by atoms with van der Waals surface area (Å²) < 4.78 is 4.79. The van der Waals surface area contributed by atoms with Crippen molar-refractivity contribution in [3.63, 3.8) is 0 Å². The third kappa shape index (κ3) is 5.64. The van der Waals surface area contributed by atoms with Crippen LogP contribution in [-0.2, 0) is 4.65 Å². The van der Waals surface area contributed by atoms with Crippen LogP contribution in [0.4, 0.5) is 0 Å². The van der Waals surface area contributed by atoms with Crippen molar-refractivity contribution >= 4 is 19.3 Å². The van der Waals surface area contributed by atoms with E-state index in [1.165, 1.54) is 0 Å². The van der Waals surface area contributed by atoms with E-state index >= 15 is 0 Å². The molecule has 4 heteroatoms. The van der Waals surface area contributed by atoms with Gasteiger partial charge in [0.2, 0.25) is 0 Å². The predicted molar refractivity (Wildman–Crippen MR) is 53.3 cm³/mol. The molecule has 0 radical (unpaired) electrons. The first-order valence-electron chi connectivity index (χ1n) is 4.23. The molecule has 1 N–H and O–H groups in total. The molecule has 12 heavy (non-hydrogen) atoms. The zero-order chi connectivity index (χ0) is 9.40. The van der Waals surface area contributed by atoms with Crippen LogP contribution in [0.25, 0.3) is 0 Å². The summed E-state index contributed by atoms with van der Waals surface area (Å²) in [5.74, 6) is 0.393. The highest BCUT2D eigenvalue weighted by atomic mass is 35.5. The van der Waals surface area contributed by atoms with E-state index in [1.807, 2.05) is 6.08 Å². The fourth-order valence-electron chi connectivity index (χ4n) is 1.09. The average Bonchev–Trinajstić information content (AvgIpc) is 2.04. The Labute approximate surface area is 79.9 Å². The van der Waals surface area contributed by atoms with Crippen molar-refractivity contribution in [2.45, 2.75) is 31.7 Å². The van der Waals surface area contributed by atoms with Gasteiger partial charge >= 0.3 is 7.69 Å². The van der Waals surface area contributed by atoms with E-state index in [1.54, 1.807) is 0 Å². The quantitative estimate of drug-likeness (QED) is 0.377. The second-order valence-electron chi connectivity index (χ2n) is 2.73. The minimum absolute atomic E-state index is 0.315. The van der Waals surface area contributed by atoms with Crippen molar-refractivity contribution in [2.24, 2.45) is 5.92 Å². The van der Waals surface area contributed by atoms with Gasteiger partial charge in [0, 0.05) is 0 Å². The number of halogens is 1. The molecular weight excluding hydrogens is 174 g/mol. The Bertz CT molecular complexity index is 122. The number of allylic oxidation sites excluding steroid dienone is 1. The third-order valence-corrected chi connectivity index (χ3v) is 2.04. The molecule has 0 aromatic heterocycles. The van der Waals surface area contributed by atoms with Gasteiger partial charge in [-0.15, -0.1) is 6.58 Å². The van der Waals surface area contributed by atoms with Crippen molar-refractivity contribution in [2.75, 3.05) is 0 Å². The molecule has 0 aliphatic carbocycles. The van der Waals surface area contributed by atoms with E-state index in [4.69, 9.17) is 21.3 Å². The van der Waals surface area contributed by atoms with Crippen LogP contribution in [-0.4, -0.2) is 18.3 Å². The summed E-state index contributed by atoms with van der Waals surface area (Å²) in [6.07, 6.45) is 4.79. The van der Waals surface area contributed by atoms with Gasteiger partial charge in [0.25, 0.3) is 0 Å². The van der Waals surface area contributed by atoms with E-state index in [0.717, 1.165) is 19.3 Å². The van der Waals surface area contributed by atoms with E-state index < -0.39 is 5.56 Å². The first-order valence-corrected chi connectivity index (χ1v) is 4.67. The number of rotatable bonds is 7. The minimum Gasteiger partial charge on any atom is -0.430 e. The monoisotopic (exact) mass is 190 g/mol. The largest absolute Gasteiger partial charge is 0.436 e. The maximum absolute atomic E-state index is 8.42. The second kappa shape index (κ2) is 7.65. The molecule has 0 fully saturated rings. The molecule has 0 aliphatic heterocycles. The highest BCUT2D eigenvalue weighted by Crippen LogP contribution is 2.18. The normalized spacial score (nSPS) is 15.2. The zero-order valence-electron chi connectivity index (χ0n) is 7.50. The molecule has 0 saturated carbocycles. The van der Waals surface area contributed by atoms with Crippen LogP contribution in [0.3, 0.4) is 0 Å². The summed E-state index contributed by atoms with van der Waals surface area (Å²) in [5.41, 5.74) is -0.399. The summed E-state index contributed by atoms with van der Waals surface area (Å²) in [6, 6.07) is 0. The average molecular weight is 190 g/mol. The van der Waals surface area contributed by atoms with Crippen LogP contribution < -0.4 is 0 Å². The van der Waals surface area contributed by atoms with E-state index in [0.29, 0.717) is 5.92 Å². The molecule has 0 saturated heterocycles. The standard InChI is InChI=1S/C8H16BClO2/c1-3-5-7(4-2)6-8(10)12-9-11/h4,7-9,11H,2-3,5-6H2,1H3. The third-order valence-electron chi connectivity index (χ3n) is 1.74. The van der Waals surface area contributed by atoms with Crippen LogP contribution >= 0.6 is 11.6 Å². The van der Waals surface area contributed by atoms with Gasteiger partial charge in [0.1, 0.15) is 5.56 Å². The zero-order valence-corrected chi connectivity index (χ0v) is 8.26. The molecule has 2 atom stereocenters. The van der Waals surface area contributed by atoms with Crippen LogP contribution in [0, 0.1) is 5.92 Å². The van der Waals surface area contributed by atoms with Crippen molar-refractivity contribution in [1.82, 2.24) is 0 Å². The van der Waals surface area contributed by atoms with Crippen molar-refractivity contribution in [3.05, 3.63) is 12.7 Å². The van der Waals surface area contributed by atoms with Gasteiger partial charge in [-0.25, -0.2) is 0 Å². The molecule has 0 rings (SSSR count). The second-order valence-corrected chi connectivity index (χ2v) is 3.21. The van der Waals surface area contributed by atoms with Gasteiger partial charge in [0.05, 0.1) is 0 Å². The van der Waals surface area contributed by atoms with Crippen LogP contribution in [0.1, 0.15) is 26.2 Å². The lowest BCUT2D eigenvalue weighted by molar-refractivity contribution is 0.227. The predicted octanol–water partition coefficient (Wildman–Crippen LogP) is 1.82. The fourth-order valence-corrected chi connectivity index (χ4v) is 1.37. The number of hydrogen-bond donors (Lipinski definition) is 1. The van der Waals surface area contributed by atoms with Gasteiger partial charge in [-0.05, 0) is 18.8 Å². The molecule has 0 aromatic rings. The maximum Gasteiger partial charge on any atom is 0.436 e. The Morgan fingerprint density at radius 2 is 2.42 bits per heavy atom. The van der Waals surface area contributed by atoms with Crippen molar-refractivity contribution < 1.29 is 9.68 Å². The number of hydrogen-bond acceptors (Lipinski definition) is 2. The summed E-state index contributed by atoms with van der Waals surface area (Å²) >= 11 is 5.76. The highest BCUT2D eigenvalue weighted by molar-refractivity contribution is 6.23. The van der Waals surface area contributed by atoms with Gasteiger partial charge in [0.15, 0.2) is 0 Å². The molecule has 0 aromatic carbocycles. The summed E-state index contributed by atoms with van der Waals surface area (Å²) in [5, 5.41) is 8.42. The Kier molecular flexibility index (Phi) is 7.66. The topological polar surface area (TPSA) is 29.5 Å². The van der Waals surface area contributed by atoms with E-state index in [2.05, 4.69) is 13.5 Å². The molecule has 2 unspecified atom stereocenters. The molecule has 0 heterocycles. The van der Waals surface area contributed by atoms with Gasteiger partial charge < -0.3 is 9.68 Å². The lowest BCUT2D eigenvalue weighted by Crippen LogP contribution is -2.13. The Morgan fingerprint density at radius 1 is 1.75 bits per heavy atom. The molecular formula is C8H16BClO2. The number of alkyl halides is 1. The minimum atomic E-state index is -0.399. The maximum atomic E-state index is 8.42. The molecule has 0 aliphatic rings. The van der Waals surface area contributed by atoms with E-state index in [-0.39, 0.29) is 7.69 Å². The van der Waals surface area contributed by atoms with Gasteiger partial charge in [-0.2, -0.15) is 0 Å². The summed E-state index contributed by atoms with van der Waals surface area (Å²) in [4.78, 5) is 0. The smallest absolute Gasteiger partial charge is 0.430 e. The van der Waals surface area contributed by atoms with Gasteiger partial charge in [-0.1, -0.05) is 31.0 Å². The van der Waals surface area contributed by atoms with E-state index in [9.17, 15) is 0 Å². The summed E-state index contributed by atoms with van der Waals surface area (Å²) in [6.45, 7) is 5.83. The first-order chi connectivity index (χ1) is 5.74. The molecule has 0 bridgehead atoms. The Morgan fingerprint density at radius 3 is 2.83 bits per heavy atom. The van der Waals surface area contributed by atoms with Crippen LogP contribution in [0.5, 0.6) is 0 Å². The van der Waals surface area contributed by atoms with Crippen molar-refractivity contribution in [3.8, 4) is 0 Å². The molecule has 2 nitrogen and oxygen atoms in total. The lowest BCUT2D eigenvalue weighted by atomic mass is 10.0. The lowest BCUT2D eigenvalue weighted by Gasteiger charge is -2.14. The molecule has 0 amide bonds. The SMILES string of the molecule is C=CC(CCC)CC(Cl)OBO. The van der Waals surface area contributed by atoms with Crippen molar-refractivity contribution in [1.29, 1.82) is 0 Å².